The van der Waals surface area contributed by atoms with Crippen molar-refractivity contribution in [2.75, 3.05) is 50.5 Å². The molecule has 0 bridgehead atoms. The number of carbonyl (C=O) groups is 2. The maximum atomic E-state index is 12.0. The Kier molecular flexibility index (Phi) is 4.84. The molecule has 2 rings (SSSR count). The van der Waals surface area contributed by atoms with Crippen LogP contribution in [0.1, 0.15) is 33.9 Å². The third kappa shape index (κ3) is 3.03. The maximum absolute atomic E-state index is 12.0. The number of hydrogen-bond donors (Lipinski definition) is 1. The van der Waals surface area contributed by atoms with Gasteiger partial charge in [0.2, 0.25) is 0 Å². The predicted octanol–water partition coefficient (Wildman–Crippen LogP) is 1.46. The number of Topliss-reactive ketones (excluding diaryl/α,β-unsaturated/α-hetero) is 1. The van der Waals surface area contributed by atoms with E-state index >= 15 is 0 Å². The summed E-state index contributed by atoms with van der Waals surface area (Å²) in [5, 5.41) is 0.750. The Balaban J connectivity index is 2.36. The summed E-state index contributed by atoms with van der Waals surface area (Å²) in [5.74, 6) is -0.606. The number of ether oxygens (including phenoxy) is 1. The molecule has 1 fully saturated rings. The Bertz CT molecular complexity index is 548. The molecule has 6 nitrogen and oxygen atoms in total. The maximum Gasteiger partial charge on any atom is 0.343 e. The summed E-state index contributed by atoms with van der Waals surface area (Å²) < 4.78 is 4.82. The molecule has 0 aliphatic carbocycles. The molecule has 1 aromatic rings. The van der Waals surface area contributed by atoms with Gasteiger partial charge in [-0.25, -0.2) is 4.79 Å². The van der Waals surface area contributed by atoms with Crippen molar-refractivity contribution in [2.45, 2.75) is 13.8 Å². The molecule has 2 heterocycles. The van der Waals surface area contributed by atoms with Crippen LogP contribution >= 0.6 is 11.3 Å². The summed E-state index contributed by atoms with van der Waals surface area (Å²) >= 11 is 1.29. The SMILES string of the molecule is CCN1CCN(c2sc(C(C)=O)c(N)c2C(=O)OC)CC1. The number of rotatable bonds is 4. The fourth-order valence-corrected chi connectivity index (χ4v) is 3.64. The van der Waals surface area contributed by atoms with E-state index in [2.05, 4.69) is 16.7 Å². The standard InChI is InChI=1S/C14H21N3O3S/c1-4-16-5-7-17(8-6-16)13-10(14(19)20-3)11(15)12(21-13)9(2)18/h4-8,15H2,1-3H3. The van der Waals surface area contributed by atoms with Crippen LogP contribution in [-0.2, 0) is 4.74 Å². The number of ketones is 1. The van der Waals surface area contributed by atoms with Crippen LogP contribution in [0.3, 0.4) is 0 Å². The molecule has 1 aromatic heterocycles. The zero-order valence-corrected chi connectivity index (χ0v) is 13.5. The average molecular weight is 311 g/mol. The first-order valence-electron chi connectivity index (χ1n) is 6.98. The molecule has 21 heavy (non-hydrogen) atoms. The molecule has 0 amide bonds. The first-order chi connectivity index (χ1) is 9.99. The van der Waals surface area contributed by atoms with Gasteiger partial charge in [0.05, 0.1) is 17.7 Å². The van der Waals surface area contributed by atoms with Crippen LogP contribution in [0, 0.1) is 0 Å². The molecule has 1 saturated heterocycles. The van der Waals surface area contributed by atoms with Gasteiger partial charge < -0.3 is 20.3 Å². The lowest BCUT2D eigenvalue weighted by atomic mass is 10.2. The van der Waals surface area contributed by atoms with Crippen LogP contribution in [0.15, 0.2) is 0 Å². The molecule has 1 aliphatic heterocycles. The Labute approximate surface area is 128 Å². The number of piperazine rings is 1. The number of nitrogen functional groups attached to an aromatic ring is 1. The van der Waals surface area contributed by atoms with Gasteiger partial charge in [-0.3, -0.25) is 4.79 Å². The van der Waals surface area contributed by atoms with E-state index in [1.807, 2.05) is 0 Å². The van der Waals surface area contributed by atoms with E-state index in [-0.39, 0.29) is 11.5 Å². The molecule has 2 N–H and O–H groups in total. The number of esters is 1. The average Bonchev–Trinajstić information content (AvgIpc) is 2.84. The van der Waals surface area contributed by atoms with E-state index in [1.54, 1.807) is 0 Å². The molecule has 0 unspecified atom stereocenters. The summed E-state index contributed by atoms with van der Waals surface area (Å²) in [5.41, 5.74) is 6.57. The second-order valence-electron chi connectivity index (χ2n) is 4.99. The first kappa shape index (κ1) is 15.8. The van der Waals surface area contributed by atoms with Crippen molar-refractivity contribution in [1.29, 1.82) is 0 Å². The van der Waals surface area contributed by atoms with Crippen LogP contribution in [0.2, 0.25) is 0 Å². The largest absolute Gasteiger partial charge is 0.465 e. The van der Waals surface area contributed by atoms with Crippen LogP contribution in [0.4, 0.5) is 10.7 Å². The van der Waals surface area contributed by atoms with Gasteiger partial charge in [-0.05, 0) is 6.54 Å². The second kappa shape index (κ2) is 6.44. The number of nitrogens with two attached hydrogens (primary N) is 1. The minimum Gasteiger partial charge on any atom is -0.465 e. The lowest BCUT2D eigenvalue weighted by Gasteiger charge is -2.35. The molecule has 0 spiro atoms. The van der Waals surface area contributed by atoms with E-state index in [1.165, 1.54) is 25.4 Å². The van der Waals surface area contributed by atoms with Crippen molar-refractivity contribution in [1.82, 2.24) is 4.90 Å². The van der Waals surface area contributed by atoms with E-state index in [0.29, 0.717) is 10.4 Å². The number of thiophene rings is 1. The van der Waals surface area contributed by atoms with Gasteiger partial charge >= 0.3 is 5.97 Å². The van der Waals surface area contributed by atoms with Crippen molar-refractivity contribution < 1.29 is 14.3 Å². The van der Waals surface area contributed by atoms with Gasteiger partial charge in [-0.2, -0.15) is 0 Å². The number of hydrogen-bond acceptors (Lipinski definition) is 7. The highest BCUT2D eigenvalue weighted by molar-refractivity contribution is 7.19. The monoisotopic (exact) mass is 311 g/mol. The van der Waals surface area contributed by atoms with Crippen LogP contribution in [-0.4, -0.2) is 56.5 Å². The van der Waals surface area contributed by atoms with Crippen molar-refractivity contribution >= 4 is 33.8 Å². The smallest absolute Gasteiger partial charge is 0.343 e. The van der Waals surface area contributed by atoms with E-state index in [4.69, 9.17) is 10.5 Å². The third-order valence-corrected chi connectivity index (χ3v) is 5.11. The van der Waals surface area contributed by atoms with Crippen LogP contribution < -0.4 is 10.6 Å². The van der Waals surface area contributed by atoms with Crippen molar-refractivity contribution in [3.05, 3.63) is 10.4 Å². The summed E-state index contributed by atoms with van der Waals surface area (Å²) in [7, 11) is 1.33. The Morgan fingerprint density at radius 3 is 2.38 bits per heavy atom. The van der Waals surface area contributed by atoms with E-state index in [9.17, 15) is 9.59 Å². The number of nitrogens with zero attached hydrogens (tertiary/aromatic N) is 2. The van der Waals surface area contributed by atoms with Crippen molar-refractivity contribution in [3.8, 4) is 0 Å². The predicted molar refractivity (Wildman–Crippen MR) is 84.4 cm³/mol. The fourth-order valence-electron chi connectivity index (χ4n) is 2.48. The van der Waals surface area contributed by atoms with Gasteiger partial charge in [-0.15, -0.1) is 11.3 Å². The molecular weight excluding hydrogens is 290 g/mol. The van der Waals surface area contributed by atoms with Gasteiger partial charge in [0.15, 0.2) is 5.78 Å². The van der Waals surface area contributed by atoms with Gasteiger partial charge in [-0.1, -0.05) is 6.92 Å². The number of carbonyl (C=O) groups excluding carboxylic acids is 2. The van der Waals surface area contributed by atoms with Crippen LogP contribution in [0.5, 0.6) is 0 Å². The highest BCUT2D eigenvalue weighted by Gasteiger charge is 2.29. The molecule has 0 saturated carbocycles. The lowest BCUT2D eigenvalue weighted by Crippen LogP contribution is -2.46. The van der Waals surface area contributed by atoms with Gasteiger partial charge in [0.1, 0.15) is 10.6 Å². The molecule has 7 heteroatoms. The first-order valence-corrected chi connectivity index (χ1v) is 7.80. The lowest BCUT2D eigenvalue weighted by molar-refractivity contribution is 0.0603. The van der Waals surface area contributed by atoms with Gasteiger partial charge in [0.25, 0.3) is 0 Å². The number of likely N-dealkylation sites (N-methyl/N-ethyl adjacent to an activating group) is 1. The zero-order valence-electron chi connectivity index (χ0n) is 12.6. The second-order valence-corrected chi connectivity index (χ2v) is 5.99. The minimum atomic E-state index is -0.482. The van der Waals surface area contributed by atoms with E-state index < -0.39 is 5.97 Å². The molecule has 0 radical (unpaired) electrons. The summed E-state index contributed by atoms with van der Waals surface area (Å²) in [6.07, 6.45) is 0. The zero-order chi connectivity index (χ0) is 15.6. The fraction of sp³-hybridized carbons (Fsp3) is 0.571. The quantitative estimate of drug-likeness (QED) is 0.670. The molecular formula is C14H21N3O3S. The van der Waals surface area contributed by atoms with E-state index in [0.717, 1.165) is 37.7 Å². The normalized spacial score (nSPS) is 16.0. The van der Waals surface area contributed by atoms with Crippen molar-refractivity contribution in [2.24, 2.45) is 0 Å². The highest BCUT2D eigenvalue weighted by Crippen LogP contribution is 2.39. The van der Waals surface area contributed by atoms with Crippen molar-refractivity contribution in [3.63, 3.8) is 0 Å². The molecule has 116 valence electrons. The molecule has 1 aliphatic rings. The number of methoxy groups -OCH3 is 1. The summed E-state index contributed by atoms with van der Waals surface area (Å²) in [4.78, 5) is 28.6. The summed E-state index contributed by atoms with van der Waals surface area (Å²) in [6.45, 7) is 8.11. The molecule has 0 aromatic carbocycles. The topological polar surface area (TPSA) is 75.9 Å². The Morgan fingerprint density at radius 1 is 1.29 bits per heavy atom. The summed E-state index contributed by atoms with van der Waals surface area (Å²) in [6, 6.07) is 0. The highest BCUT2D eigenvalue weighted by atomic mass is 32.1. The van der Waals surface area contributed by atoms with Gasteiger partial charge in [0, 0.05) is 33.1 Å². The minimum absolute atomic E-state index is 0.124. The Morgan fingerprint density at radius 2 is 1.90 bits per heavy atom. The number of anilines is 2. The third-order valence-electron chi connectivity index (χ3n) is 3.74. The molecule has 0 atom stereocenters. The van der Waals surface area contributed by atoms with Crippen LogP contribution in [0.25, 0.3) is 0 Å². The Hall–Kier alpha value is -1.60.